The Morgan fingerprint density at radius 2 is 2.08 bits per heavy atom. The molecule has 0 aromatic carbocycles. The zero-order chi connectivity index (χ0) is 18.1. The number of aliphatic imine (C=N–C) groups is 1. The van der Waals surface area contributed by atoms with E-state index in [-0.39, 0.29) is 0 Å². The van der Waals surface area contributed by atoms with E-state index in [0.29, 0.717) is 5.95 Å². The van der Waals surface area contributed by atoms with E-state index in [9.17, 15) is 0 Å². The largest absolute Gasteiger partial charge is 0.344 e. The summed E-state index contributed by atoms with van der Waals surface area (Å²) in [7, 11) is 4.58. The highest BCUT2D eigenvalue weighted by Crippen LogP contribution is 2.27. The van der Waals surface area contributed by atoms with Gasteiger partial charge in [0, 0.05) is 37.1 Å². The molecule has 1 unspecified atom stereocenters. The molecular weight excluding hydrogens is 349 g/mol. The zero-order valence-corrected chi connectivity index (χ0v) is 16.6. The number of allylic oxidation sites excluding steroid dienone is 2. The van der Waals surface area contributed by atoms with Crippen molar-refractivity contribution in [3.05, 3.63) is 53.9 Å². The van der Waals surface area contributed by atoms with Crippen LogP contribution in [0.1, 0.15) is 19.5 Å². The van der Waals surface area contributed by atoms with Crippen molar-refractivity contribution in [1.29, 1.82) is 0 Å². The molecule has 0 aliphatic rings. The van der Waals surface area contributed by atoms with E-state index in [1.54, 1.807) is 30.4 Å². The number of nitrogens with zero attached hydrogens (tertiary/aromatic N) is 5. The van der Waals surface area contributed by atoms with Gasteiger partial charge >= 0.3 is 0 Å². The number of hydrogen-bond donors (Lipinski definition) is 0. The topological polar surface area (TPSA) is 54.3 Å². The normalized spacial score (nSPS) is 12.2. The van der Waals surface area contributed by atoms with E-state index in [4.69, 9.17) is 0 Å². The molecule has 7 heteroatoms. The van der Waals surface area contributed by atoms with Crippen LogP contribution >= 0.6 is 21.0 Å². The first-order valence-corrected chi connectivity index (χ1v) is 9.32. The monoisotopic (exact) mass is 371 g/mol. The fraction of sp³-hybridized carbons (Fsp3) is 0.222. The van der Waals surface area contributed by atoms with Gasteiger partial charge in [0.25, 0.3) is 0 Å². The van der Waals surface area contributed by atoms with Gasteiger partial charge in [-0.3, -0.25) is 9.98 Å². The van der Waals surface area contributed by atoms with Crippen molar-refractivity contribution < 1.29 is 0 Å². The first-order chi connectivity index (χ1) is 12.1. The van der Waals surface area contributed by atoms with E-state index < -0.39 is 0 Å². The Kier molecular flexibility index (Phi) is 7.76. The van der Waals surface area contributed by atoms with Crippen LogP contribution in [0.2, 0.25) is 0 Å². The Hall–Kier alpha value is -2.04. The molecule has 2 rings (SSSR count). The lowest BCUT2D eigenvalue weighted by Crippen LogP contribution is -2.19. The van der Waals surface area contributed by atoms with Gasteiger partial charge < -0.3 is 4.90 Å². The van der Waals surface area contributed by atoms with Crippen molar-refractivity contribution >= 4 is 39.2 Å². The second kappa shape index (κ2) is 10.1. The van der Waals surface area contributed by atoms with Gasteiger partial charge in [0.15, 0.2) is 0 Å². The predicted molar refractivity (Wildman–Crippen MR) is 110 cm³/mol. The van der Waals surface area contributed by atoms with Gasteiger partial charge in [-0.15, -0.1) is 0 Å². The molecule has 0 saturated heterocycles. The Morgan fingerprint density at radius 1 is 1.32 bits per heavy atom. The van der Waals surface area contributed by atoms with Crippen LogP contribution in [0.5, 0.6) is 0 Å². The van der Waals surface area contributed by atoms with Crippen molar-refractivity contribution in [3.63, 3.8) is 0 Å². The summed E-state index contributed by atoms with van der Waals surface area (Å²) in [4.78, 5) is 20.6. The molecule has 5 nitrogen and oxygen atoms in total. The Balaban J connectivity index is 2.30. The number of rotatable bonds is 7. The van der Waals surface area contributed by atoms with E-state index in [1.165, 1.54) is 0 Å². The average molecular weight is 371 g/mol. The Morgan fingerprint density at radius 3 is 2.76 bits per heavy atom. The molecule has 0 spiro atoms. The van der Waals surface area contributed by atoms with E-state index in [0.717, 1.165) is 27.6 Å². The fourth-order valence-corrected chi connectivity index (χ4v) is 2.91. The van der Waals surface area contributed by atoms with Gasteiger partial charge in [-0.2, -0.15) is 0 Å². The summed E-state index contributed by atoms with van der Waals surface area (Å²) in [5, 5.41) is 0.901. The Bertz CT molecular complexity index is 774. The molecule has 0 amide bonds. The lowest BCUT2D eigenvalue weighted by Gasteiger charge is -2.15. The molecule has 0 aliphatic carbocycles. The molecule has 1 atom stereocenters. The van der Waals surface area contributed by atoms with E-state index in [2.05, 4.69) is 36.1 Å². The van der Waals surface area contributed by atoms with Gasteiger partial charge in [-0.25, -0.2) is 9.97 Å². The van der Waals surface area contributed by atoms with Crippen LogP contribution in [0.15, 0.2) is 63.1 Å². The SMILES string of the molecule is C\C=N/C(P)=C\C=C\c1cc(Sc2ccncc2)nc(N(C)CC)n1. The highest BCUT2D eigenvalue weighted by atomic mass is 32.2. The maximum atomic E-state index is 4.65. The van der Waals surface area contributed by atoms with Crippen molar-refractivity contribution in [2.75, 3.05) is 18.5 Å². The van der Waals surface area contributed by atoms with Crippen molar-refractivity contribution in [2.24, 2.45) is 4.99 Å². The summed E-state index contributed by atoms with van der Waals surface area (Å²) in [5.41, 5.74) is 1.72. The van der Waals surface area contributed by atoms with Crippen LogP contribution in [0.25, 0.3) is 6.08 Å². The third-order valence-corrected chi connectivity index (χ3v) is 4.48. The molecule has 0 aliphatic heterocycles. The van der Waals surface area contributed by atoms with Gasteiger partial charge in [0.1, 0.15) is 5.03 Å². The van der Waals surface area contributed by atoms with Crippen LogP contribution < -0.4 is 4.90 Å². The fourth-order valence-electron chi connectivity index (χ4n) is 1.84. The van der Waals surface area contributed by atoms with Crippen LogP contribution in [0, 0.1) is 0 Å². The number of anilines is 1. The smallest absolute Gasteiger partial charge is 0.226 e. The molecular formula is C18H22N5PS. The second-order valence-corrected chi connectivity index (χ2v) is 6.75. The van der Waals surface area contributed by atoms with Crippen molar-refractivity contribution in [1.82, 2.24) is 15.0 Å². The minimum atomic E-state index is 0.711. The minimum absolute atomic E-state index is 0.711. The van der Waals surface area contributed by atoms with E-state index >= 15 is 0 Å². The molecule has 25 heavy (non-hydrogen) atoms. The molecule has 2 heterocycles. The van der Waals surface area contributed by atoms with Gasteiger partial charge in [-0.05, 0) is 44.2 Å². The average Bonchev–Trinajstić information content (AvgIpc) is 2.62. The van der Waals surface area contributed by atoms with Gasteiger partial charge in [0.2, 0.25) is 5.95 Å². The molecule has 0 saturated carbocycles. The summed E-state index contributed by atoms with van der Waals surface area (Å²) in [6.45, 7) is 4.81. The van der Waals surface area contributed by atoms with Crippen molar-refractivity contribution in [3.8, 4) is 0 Å². The summed E-state index contributed by atoms with van der Waals surface area (Å²) in [6, 6.07) is 5.92. The minimum Gasteiger partial charge on any atom is -0.344 e. The second-order valence-electron chi connectivity index (χ2n) is 5.07. The predicted octanol–water partition coefficient (Wildman–Crippen LogP) is 4.30. The van der Waals surface area contributed by atoms with E-state index in [1.807, 2.05) is 55.3 Å². The standard InChI is InChI=1S/C18H22N5PS/c1-4-20-16(24)8-6-7-14-13-17(22-18(21-14)23(3)5-2)25-15-9-11-19-12-10-15/h4,6-13H,5,24H2,1-3H3/b7-6+,16-8+,20-4-. The van der Waals surface area contributed by atoms with Crippen molar-refractivity contribution in [2.45, 2.75) is 23.8 Å². The molecule has 0 radical (unpaired) electrons. The highest BCUT2D eigenvalue weighted by molar-refractivity contribution is 7.99. The molecule has 0 fully saturated rings. The molecule has 130 valence electrons. The third kappa shape index (κ3) is 6.40. The molecule has 2 aromatic heterocycles. The van der Waals surface area contributed by atoms with Crippen LogP contribution in [0.3, 0.4) is 0 Å². The lowest BCUT2D eigenvalue weighted by molar-refractivity contribution is 0.874. The summed E-state index contributed by atoms with van der Waals surface area (Å²) in [6.07, 6.45) is 11.1. The van der Waals surface area contributed by atoms with Crippen LogP contribution in [-0.2, 0) is 0 Å². The molecule has 0 N–H and O–H groups in total. The third-order valence-electron chi connectivity index (χ3n) is 3.21. The number of pyridine rings is 1. The first-order valence-electron chi connectivity index (χ1n) is 7.93. The highest BCUT2D eigenvalue weighted by Gasteiger charge is 2.08. The number of aromatic nitrogens is 3. The first kappa shape index (κ1) is 19.3. The van der Waals surface area contributed by atoms with Crippen LogP contribution in [-0.4, -0.2) is 34.8 Å². The van der Waals surface area contributed by atoms with Gasteiger partial charge in [0.05, 0.1) is 11.1 Å². The molecule has 2 aromatic rings. The number of hydrogen-bond acceptors (Lipinski definition) is 6. The van der Waals surface area contributed by atoms with Crippen LogP contribution in [0.4, 0.5) is 5.95 Å². The Labute approximate surface area is 155 Å². The summed E-state index contributed by atoms with van der Waals surface area (Å²) < 4.78 is 0. The maximum absolute atomic E-state index is 4.65. The summed E-state index contributed by atoms with van der Waals surface area (Å²) >= 11 is 1.60. The zero-order valence-electron chi connectivity index (χ0n) is 14.6. The molecule has 0 bridgehead atoms. The maximum Gasteiger partial charge on any atom is 0.226 e. The quantitative estimate of drug-likeness (QED) is 0.314. The lowest BCUT2D eigenvalue weighted by atomic mass is 10.3. The van der Waals surface area contributed by atoms with Gasteiger partial charge in [-0.1, -0.05) is 27.1 Å². The summed E-state index contributed by atoms with van der Waals surface area (Å²) in [5.74, 6) is 0.711.